The molecule has 1 saturated carbocycles. The summed E-state index contributed by atoms with van der Waals surface area (Å²) in [7, 11) is 0. The predicted molar refractivity (Wildman–Crippen MR) is 79.5 cm³/mol. The molecule has 1 fully saturated rings. The van der Waals surface area contributed by atoms with E-state index in [2.05, 4.69) is 31.3 Å². The molecule has 0 aliphatic heterocycles. The Balaban J connectivity index is 1.99. The molecular weight excluding hydrogens is 363 g/mol. The molecule has 0 saturated heterocycles. The molecule has 0 aromatic carbocycles. The first-order chi connectivity index (χ1) is 10.3. The molecule has 0 spiro atoms. The number of alkyl halides is 3. The first kappa shape index (κ1) is 15.5. The molecule has 2 atom stereocenters. The van der Waals surface area contributed by atoms with E-state index in [0.29, 0.717) is 4.60 Å². The normalized spacial score (nSPS) is 23.0. The minimum atomic E-state index is -4.50. The molecule has 0 bridgehead atoms. The van der Waals surface area contributed by atoms with Gasteiger partial charge in [0.05, 0.1) is 0 Å². The average Bonchev–Trinajstić information content (AvgIpc) is 2.78. The fourth-order valence-corrected chi connectivity index (χ4v) is 3.13. The molecule has 120 valence electrons. The molecule has 1 aliphatic rings. The summed E-state index contributed by atoms with van der Waals surface area (Å²) in [5.41, 5.74) is 5.14. The lowest BCUT2D eigenvalue weighted by molar-refractivity contribution is -0.141. The predicted octanol–water partition coefficient (Wildman–Crippen LogP) is 3.19. The Morgan fingerprint density at radius 3 is 2.77 bits per heavy atom. The summed E-state index contributed by atoms with van der Waals surface area (Å²) >= 11 is 3.17. The van der Waals surface area contributed by atoms with Crippen molar-refractivity contribution in [1.82, 2.24) is 14.6 Å². The number of rotatable bonds is 2. The van der Waals surface area contributed by atoms with Crippen molar-refractivity contribution in [3.63, 3.8) is 0 Å². The lowest BCUT2D eigenvalue weighted by Crippen LogP contribution is -2.35. The van der Waals surface area contributed by atoms with E-state index in [9.17, 15) is 13.2 Å². The van der Waals surface area contributed by atoms with Gasteiger partial charge in [0.25, 0.3) is 0 Å². The van der Waals surface area contributed by atoms with Crippen LogP contribution in [0.3, 0.4) is 0 Å². The summed E-state index contributed by atoms with van der Waals surface area (Å²) in [6.07, 6.45) is -0.986. The van der Waals surface area contributed by atoms with Gasteiger partial charge in [0, 0.05) is 24.2 Å². The SMILES string of the molecule is NC1CCCC(Nc2cc(C(F)(F)F)nc3cc(Br)nn23)C1. The number of halogens is 4. The third-order valence-corrected chi connectivity index (χ3v) is 4.14. The van der Waals surface area contributed by atoms with Gasteiger partial charge in [0.1, 0.15) is 10.4 Å². The lowest BCUT2D eigenvalue weighted by atomic mass is 9.92. The second-order valence-corrected chi connectivity index (χ2v) is 6.34. The first-order valence-corrected chi connectivity index (χ1v) is 7.78. The van der Waals surface area contributed by atoms with Gasteiger partial charge in [-0.05, 0) is 41.6 Å². The van der Waals surface area contributed by atoms with E-state index < -0.39 is 11.9 Å². The lowest BCUT2D eigenvalue weighted by Gasteiger charge is -2.28. The van der Waals surface area contributed by atoms with Crippen molar-refractivity contribution in [3.05, 3.63) is 22.4 Å². The van der Waals surface area contributed by atoms with Gasteiger partial charge >= 0.3 is 6.18 Å². The Hall–Kier alpha value is -1.35. The maximum Gasteiger partial charge on any atom is 0.433 e. The third kappa shape index (κ3) is 3.19. The number of aromatic nitrogens is 3. The highest BCUT2D eigenvalue weighted by molar-refractivity contribution is 9.10. The van der Waals surface area contributed by atoms with Crippen LogP contribution >= 0.6 is 15.9 Å². The zero-order valence-corrected chi connectivity index (χ0v) is 13.2. The Kier molecular flexibility index (Phi) is 4.02. The molecule has 0 radical (unpaired) electrons. The number of nitrogens with two attached hydrogens (primary N) is 1. The van der Waals surface area contributed by atoms with Crippen molar-refractivity contribution in [2.75, 3.05) is 5.32 Å². The van der Waals surface area contributed by atoms with E-state index in [-0.39, 0.29) is 23.5 Å². The highest BCUT2D eigenvalue weighted by atomic mass is 79.9. The second kappa shape index (κ2) is 5.69. The number of hydrogen-bond donors (Lipinski definition) is 2. The van der Waals surface area contributed by atoms with E-state index in [1.54, 1.807) is 0 Å². The molecule has 0 amide bonds. The molecule has 1 aliphatic carbocycles. The molecule has 2 aromatic rings. The van der Waals surface area contributed by atoms with Gasteiger partial charge in [-0.25, -0.2) is 4.98 Å². The standard InChI is InChI=1S/C13H15BrF3N5/c14-10-6-12-20-9(13(15,16)17)5-11(22(12)21-10)19-8-3-1-2-7(18)4-8/h5-8,19H,1-4,18H2. The fourth-order valence-electron chi connectivity index (χ4n) is 2.76. The maximum atomic E-state index is 13.0. The summed E-state index contributed by atoms with van der Waals surface area (Å²) in [4.78, 5) is 3.62. The van der Waals surface area contributed by atoms with Crippen LogP contribution in [0.15, 0.2) is 16.7 Å². The van der Waals surface area contributed by atoms with E-state index in [0.717, 1.165) is 31.7 Å². The van der Waals surface area contributed by atoms with Crippen LogP contribution in [-0.4, -0.2) is 26.7 Å². The van der Waals surface area contributed by atoms with Gasteiger partial charge in [-0.3, -0.25) is 0 Å². The number of fused-ring (bicyclic) bond motifs is 1. The van der Waals surface area contributed by atoms with Crippen molar-refractivity contribution in [3.8, 4) is 0 Å². The van der Waals surface area contributed by atoms with Crippen LogP contribution in [-0.2, 0) is 6.18 Å². The molecule has 22 heavy (non-hydrogen) atoms. The van der Waals surface area contributed by atoms with Gasteiger partial charge in [-0.2, -0.15) is 22.8 Å². The van der Waals surface area contributed by atoms with Crippen molar-refractivity contribution >= 4 is 27.4 Å². The van der Waals surface area contributed by atoms with Gasteiger partial charge in [0.2, 0.25) is 0 Å². The van der Waals surface area contributed by atoms with Crippen molar-refractivity contribution < 1.29 is 13.2 Å². The number of nitrogens with one attached hydrogen (secondary N) is 1. The van der Waals surface area contributed by atoms with Crippen molar-refractivity contribution in [1.29, 1.82) is 0 Å². The third-order valence-electron chi connectivity index (χ3n) is 3.75. The smallest absolute Gasteiger partial charge is 0.367 e. The second-order valence-electron chi connectivity index (χ2n) is 5.53. The van der Waals surface area contributed by atoms with E-state index >= 15 is 0 Å². The van der Waals surface area contributed by atoms with Gasteiger partial charge in [0.15, 0.2) is 11.3 Å². The Labute approximate surface area is 133 Å². The number of anilines is 1. The Morgan fingerprint density at radius 1 is 1.32 bits per heavy atom. The van der Waals surface area contributed by atoms with E-state index in [4.69, 9.17) is 5.73 Å². The monoisotopic (exact) mass is 377 g/mol. The van der Waals surface area contributed by atoms with Crippen LogP contribution in [0.5, 0.6) is 0 Å². The van der Waals surface area contributed by atoms with Crippen molar-refractivity contribution in [2.45, 2.75) is 43.9 Å². The summed E-state index contributed by atoms with van der Waals surface area (Å²) in [5, 5.41) is 7.27. The highest BCUT2D eigenvalue weighted by Crippen LogP contribution is 2.31. The fraction of sp³-hybridized carbons (Fsp3) is 0.538. The quantitative estimate of drug-likeness (QED) is 0.843. The summed E-state index contributed by atoms with van der Waals surface area (Å²) < 4.78 is 40.8. The minimum Gasteiger partial charge on any atom is -0.367 e. The highest BCUT2D eigenvalue weighted by Gasteiger charge is 2.34. The largest absolute Gasteiger partial charge is 0.433 e. The molecule has 2 heterocycles. The molecule has 3 N–H and O–H groups in total. The van der Waals surface area contributed by atoms with E-state index in [1.165, 1.54) is 10.6 Å². The van der Waals surface area contributed by atoms with Crippen LogP contribution < -0.4 is 11.1 Å². The molecule has 9 heteroatoms. The Morgan fingerprint density at radius 2 is 2.09 bits per heavy atom. The molecule has 5 nitrogen and oxygen atoms in total. The minimum absolute atomic E-state index is 0.0402. The van der Waals surface area contributed by atoms with Crippen LogP contribution in [0.1, 0.15) is 31.4 Å². The molecular formula is C13H15BrF3N5. The number of hydrogen-bond acceptors (Lipinski definition) is 4. The summed E-state index contributed by atoms with van der Waals surface area (Å²) in [6, 6.07) is 2.56. The molecule has 2 aromatic heterocycles. The van der Waals surface area contributed by atoms with Crippen LogP contribution in [0.4, 0.5) is 19.0 Å². The van der Waals surface area contributed by atoms with Gasteiger partial charge in [-0.1, -0.05) is 0 Å². The maximum absolute atomic E-state index is 13.0. The van der Waals surface area contributed by atoms with Crippen molar-refractivity contribution in [2.24, 2.45) is 5.73 Å². The van der Waals surface area contributed by atoms with E-state index in [1.807, 2.05) is 0 Å². The summed E-state index contributed by atoms with van der Waals surface area (Å²) in [6.45, 7) is 0. The zero-order chi connectivity index (χ0) is 15.9. The molecule has 2 unspecified atom stereocenters. The Bertz CT molecular complexity index is 684. The van der Waals surface area contributed by atoms with Gasteiger partial charge < -0.3 is 11.1 Å². The van der Waals surface area contributed by atoms with Gasteiger partial charge in [-0.15, -0.1) is 0 Å². The number of nitrogens with zero attached hydrogens (tertiary/aromatic N) is 3. The topological polar surface area (TPSA) is 68.2 Å². The zero-order valence-electron chi connectivity index (χ0n) is 11.6. The van der Waals surface area contributed by atoms with Crippen LogP contribution in [0.2, 0.25) is 0 Å². The average molecular weight is 378 g/mol. The van der Waals surface area contributed by atoms with Crippen LogP contribution in [0.25, 0.3) is 5.65 Å². The first-order valence-electron chi connectivity index (χ1n) is 6.98. The summed E-state index contributed by atoms with van der Waals surface area (Å²) in [5.74, 6) is 0.280. The van der Waals surface area contributed by atoms with Crippen LogP contribution in [0, 0.1) is 0 Å². The molecule has 3 rings (SSSR count).